The average Bonchev–Trinajstić information content (AvgIpc) is 2.86. The number of hydrogen-bond acceptors (Lipinski definition) is 5. The Morgan fingerprint density at radius 2 is 2.44 bits per heavy atom. The van der Waals surface area contributed by atoms with Gasteiger partial charge in [0.15, 0.2) is 0 Å². The molecule has 0 N–H and O–H groups in total. The van der Waals surface area contributed by atoms with Gasteiger partial charge in [-0.25, -0.2) is 9.78 Å². The third-order valence-electron chi connectivity index (χ3n) is 2.02. The van der Waals surface area contributed by atoms with Crippen LogP contribution in [0.25, 0.3) is 11.6 Å². The number of aromatic nitrogens is 3. The monoisotopic (exact) mass is 221 g/mol. The molecule has 0 bridgehead atoms. The highest BCUT2D eigenvalue weighted by atomic mass is 16.5. The molecule has 0 radical (unpaired) electrons. The Morgan fingerprint density at radius 1 is 1.62 bits per heavy atom. The second kappa shape index (κ2) is 4.18. The lowest BCUT2D eigenvalue weighted by molar-refractivity contribution is 0.0491. The van der Waals surface area contributed by atoms with E-state index in [9.17, 15) is 4.79 Å². The van der Waals surface area contributed by atoms with Crippen LogP contribution in [0.4, 0.5) is 0 Å². The Labute approximate surface area is 91.8 Å². The van der Waals surface area contributed by atoms with Crippen LogP contribution in [0.5, 0.6) is 0 Å². The second-order valence-electron chi connectivity index (χ2n) is 3.09. The maximum atomic E-state index is 11.3. The number of ether oxygens (including phenoxy) is 1. The zero-order valence-electron chi connectivity index (χ0n) is 9.01. The topological polar surface area (TPSA) is 70.2 Å². The quantitative estimate of drug-likeness (QED) is 0.729. The molecule has 16 heavy (non-hydrogen) atoms. The number of oxazole rings is 1. The van der Waals surface area contributed by atoms with Crippen molar-refractivity contribution in [2.45, 2.75) is 6.92 Å². The molecule has 0 aliphatic rings. The first kappa shape index (κ1) is 10.4. The molecule has 0 saturated heterocycles. The van der Waals surface area contributed by atoms with E-state index in [1.807, 2.05) is 0 Å². The fraction of sp³-hybridized carbons (Fsp3) is 0.300. The predicted octanol–water partition coefficient (Wildman–Crippen LogP) is 1.25. The van der Waals surface area contributed by atoms with Gasteiger partial charge in [-0.2, -0.15) is 5.10 Å². The summed E-state index contributed by atoms with van der Waals surface area (Å²) in [5, 5.41) is 3.98. The predicted molar refractivity (Wildman–Crippen MR) is 54.7 cm³/mol. The molecule has 6 nitrogen and oxygen atoms in total. The second-order valence-corrected chi connectivity index (χ2v) is 3.09. The molecule has 84 valence electrons. The summed E-state index contributed by atoms with van der Waals surface area (Å²) >= 11 is 0. The number of nitrogens with zero attached hydrogens (tertiary/aromatic N) is 3. The third-order valence-corrected chi connectivity index (χ3v) is 2.02. The maximum absolute atomic E-state index is 11.3. The van der Waals surface area contributed by atoms with E-state index in [4.69, 9.17) is 9.15 Å². The molecule has 0 spiro atoms. The van der Waals surface area contributed by atoms with Gasteiger partial charge in [0.1, 0.15) is 5.69 Å². The molecule has 0 unspecified atom stereocenters. The molecule has 0 aliphatic carbocycles. The number of aryl methyl sites for hydroxylation is 1. The van der Waals surface area contributed by atoms with E-state index in [1.54, 1.807) is 30.9 Å². The van der Waals surface area contributed by atoms with Crippen molar-refractivity contribution in [3.05, 3.63) is 24.2 Å². The average molecular weight is 221 g/mol. The smallest absolute Gasteiger partial charge is 0.375 e. The molecular weight excluding hydrogens is 210 g/mol. The Balaban J connectivity index is 2.26. The Kier molecular flexibility index (Phi) is 2.72. The van der Waals surface area contributed by atoms with Crippen LogP contribution in [-0.4, -0.2) is 27.3 Å². The molecule has 6 heteroatoms. The standard InChI is InChI=1S/C10H11N3O3/c1-3-15-10(14)8-6-11-9(16-8)7-4-5-12-13(7)2/h4-6H,3H2,1-2H3. The SMILES string of the molecule is CCOC(=O)c1cnc(-c2ccnn2C)o1. The minimum Gasteiger partial charge on any atom is -0.460 e. The molecule has 0 amide bonds. The summed E-state index contributed by atoms with van der Waals surface area (Å²) in [5.41, 5.74) is 0.704. The van der Waals surface area contributed by atoms with Gasteiger partial charge < -0.3 is 9.15 Å². The van der Waals surface area contributed by atoms with Gasteiger partial charge in [-0.3, -0.25) is 4.68 Å². The molecule has 2 rings (SSSR count). The van der Waals surface area contributed by atoms with Gasteiger partial charge in [0, 0.05) is 13.2 Å². The molecule has 0 atom stereocenters. The van der Waals surface area contributed by atoms with Crippen molar-refractivity contribution < 1.29 is 13.9 Å². The highest BCUT2D eigenvalue weighted by molar-refractivity contribution is 5.86. The fourth-order valence-corrected chi connectivity index (χ4v) is 1.27. The van der Waals surface area contributed by atoms with Gasteiger partial charge in [0.05, 0.1) is 12.8 Å². The fourth-order valence-electron chi connectivity index (χ4n) is 1.27. The van der Waals surface area contributed by atoms with Crippen molar-refractivity contribution in [2.75, 3.05) is 6.61 Å². The van der Waals surface area contributed by atoms with Crippen LogP contribution in [0.15, 0.2) is 22.9 Å². The normalized spacial score (nSPS) is 10.4. The van der Waals surface area contributed by atoms with Gasteiger partial charge >= 0.3 is 5.97 Å². The summed E-state index contributed by atoms with van der Waals surface area (Å²) < 4.78 is 11.7. The number of rotatable bonds is 3. The minimum atomic E-state index is -0.511. The van der Waals surface area contributed by atoms with Crippen LogP contribution >= 0.6 is 0 Å². The molecule has 0 aromatic carbocycles. The zero-order valence-corrected chi connectivity index (χ0v) is 9.01. The van der Waals surface area contributed by atoms with E-state index in [0.29, 0.717) is 18.2 Å². The van der Waals surface area contributed by atoms with Crippen molar-refractivity contribution in [3.63, 3.8) is 0 Å². The van der Waals surface area contributed by atoms with Crippen molar-refractivity contribution in [1.82, 2.24) is 14.8 Å². The summed E-state index contributed by atoms with van der Waals surface area (Å²) in [7, 11) is 1.77. The Hall–Kier alpha value is -2.11. The van der Waals surface area contributed by atoms with Gasteiger partial charge in [-0.15, -0.1) is 0 Å². The van der Waals surface area contributed by atoms with E-state index < -0.39 is 5.97 Å². The van der Waals surface area contributed by atoms with Crippen LogP contribution in [-0.2, 0) is 11.8 Å². The van der Waals surface area contributed by atoms with E-state index >= 15 is 0 Å². The number of esters is 1. The first-order chi connectivity index (χ1) is 7.72. The lowest BCUT2D eigenvalue weighted by Crippen LogP contribution is -2.02. The first-order valence-corrected chi connectivity index (χ1v) is 4.83. The van der Waals surface area contributed by atoms with Crippen molar-refractivity contribution >= 4 is 5.97 Å². The van der Waals surface area contributed by atoms with Crippen molar-refractivity contribution in [3.8, 4) is 11.6 Å². The molecule has 0 fully saturated rings. The summed E-state index contributed by atoms with van der Waals surface area (Å²) in [5.74, 6) is -0.0653. The number of hydrogen-bond donors (Lipinski definition) is 0. The number of carbonyl (C=O) groups is 1. The lowest BCUT2D eigenvalue weighted by Gasteiger charge is -1.97. The van der Waals surface area contributed by atoms with Crippen LogP contribution in [0, 0.1) is 0 Å². The minimum absolute atomic E-state index is 0.0954. The molecular formula is C10H11N3O3. The van der Waals surface area contributed by atoms with Crippen molar-refractivity contribution in [1.29, 1.82) is 0 Å². The van der Waals surface area contributed by atoms with Crippen LogP contribution in [0.2, 0.25) is 0 Å². The summed E-state index contributed by atoms with van der Waals surface area (Å²) in [6, 6.07) is 1.75. The maximum Gasteiger partial charge on any atom is 0.375 e. The molecule has 0 saturated carbocycles. The Bertz CT molecular complexity index is 501. The van der Waals surface area contributed by atoms with Crippen LogP contribution in [0.3, 0.4) is 0 Å². The van der Waals surface area contributed by atoms with Gasteiger partial charge in [-0.1, -0.05) is 0 Å². The van der Waals surface area contributed by atoms with Crippen molar-refractivity contribution in [2.24, 2.45) is 7.05 Å². The molecule has 2 heterocycles. The zero-order chi connectivity index (χ0) is 11.5. The summed E-state index contributed by atoms with van der Waals surface area (Å²) in [6.07, 6.45) is 2.98. The molecule has 0 aliphatic heterocycles. The molecule has 2 aromatic heterocycles. The molecule has 2 aromatic rings. The Morgan fingerprint density at radius 3 is 3.06 bits per heavy atom. The number of carbonyl (C=O) groups excluding carboxylic acids is 1. The van der Waals surface area contributed by atoms with Gasteiger partial charge in [0.2, 0.25) is 11.7 Å². The highest BCUT2D eigenvalue weighted by Crippen LogP contribution is 2.18. The third kappa shape index (κ3) is 1.81. The summed E-state index contributed by atoms with van der Waals surface area (Å²) in [4.78, 5) is 15.3. The van der Waals surface area contributed by atoms with Gasteiger partial charge in [-0.05, 0) is 13.0 Å². The first-order valence-electron chi connectivity index (χ1n) is 4.83. The van der Waals surface area contributed by atoms with E-state index in [2.05, 4.69) is 10.1 Å². The van der Waals surface area contributed by atoms with Gasteiger partial charge in [0.25, 0.3) is 0 Å². The van der Waals surface area contributed by atoms with E-state index in [1.165, 1.54) is 6.20 Å². The largest absolute Gasteiger partial charge is 0.460 e. The van der Waals surface area contributed by atoms with Crippen LogP contribution < -0.4 is 0 Å². The summed E-state index contributed by atoms with van der Waals surface area (Å²) in [6.45, 7) is 2.04. The van der Waals surface area contributed by atoms with Crippen LogP contribution in [0.1, 0.15) is 17.5 Å². The van der Waals surface area contributed by atoms with E-state index in [-0.39, 0.29) is 5.76 Å². The lowest BCUT2D eigenvalue weighted by atomic mass is 10.4. The van der Waals surface area contributed by atoms with E-state index in [0.717, 1.165) is 0 Å². The highest BCUT2D eigenvalue weighted by Gasteiger charge is 2.15.